The van der Waals surface area contributed by atoms with Crippen LogP contribution in [0.3, 0.4) is 0 Å². The van der Waals surface area contributed by atoms with Crippen LogP contribution in [0.1, 0.15) is 20.7 Å². The van der Waals surface area contributed by atoms with Gasteiger partial charge in [-0.05, 0) is 12.1 Å². The molecule has 0 saturated heterocycles. The Morgan fingerprint density at radius 2 is 0.750 bits per heavy atom. The van der Waals surface area contributed by atoms with Crippen LogP contribution >= 0.6 is 0 Å². The highest BCUT2D eigenvalue weighted by Crippen LogP contribution is 2.43. The van der Waals surface area contributed by atoms with Gasteiger partial charge in [0.2, 0.25) is 0 Å². The van der Waals surface area contributed by atoms with Crippen LogP contribution in [0.25, 0.3) is 21.5 Å². The molecule has 202 valence electrons. The van der Waals surface area contributed by atoms with Gasteiger partial charge in [-0.1, -0.05) is 48.5 Å². The molecule has 0 aliphatic rings. The summed E-state index contributed by atoms with van der Waals surface area (Å²) < 4.78 is 121. The lowest BCUT2D eigenvalue weighted by molar-refractivity contribution is 0.0719. The van der Waals surface area contributed by atoms with E-state index in [2.05, 4.69) is 0 Å². The van der Waals surface area contributed by atoms with E-state index in [1.54, 1.807) is 0 Å². The minimum absolute atomic E-state index is 0.0118. The monoisotopic (exact) mass is 562 g/mol. The fraction of sp³-hybridized carbons (Fsp3) is 0. The van der Waals surface area contributed by atoms with Crippen molar-refractivity contribution in [1.29, 1.82) is 0 Å². The van der Waals surface area contributed by atoms with Gasteiger partial charge in [0, 0.05) is 21.5 Å². The third-order valence-electron chi connectivity index (χ3n) is 5.87. The van der Waals surface area contributed by atoms with Crippen molar-refractivity contribution in [1.82, 2.24) is 0 Å². The van der Waals surface area contributed by atoms with E-state index in [4.69, 9.17) is 9.47 Å². The molecular formula is C28H10F8O4. The molecule has 0 bridgehead atoms. The van der Waals surface area contributed by atoms with Gasteiger partial charge < -0.3 is 9.47 Å². The topological polar surface area (TPSA) is 52.6 Å². The molecule has 0 amide bonds. The first-order chi connectivity index (χ1) is 19.0. The van der Waals surface area contributed by atoms with E-state index in [0.29, 0.717) is 0 Å². The quantitative estimate of drug-likeness (QED) is 0.0567. The number of esters is 2. The maximum absolute atomic E-state index is 14.3. The predicted octanol–water partition coefficient (Wildman–Crippen LogP) is 7.54. The van der Waals surface area contributed by atoms with E-state index in [-0.39, 0.29) is 45.2 Å². The molecule has 0 unspecified atom stereocenters. The van der Waals surface area contributed by atoms with Crippen LogP contribution in [0.2, 0.25) is 0 Å². The van der Waals surface area contributed by atoms with Gasteiger partial charge >= 0.3 is 11.9 Å². The Hall–Kier alpha value is -5.00. The third-order valence-corrected chi connectivity index (χ3v) is 5.87. The molecule has 0 radical (unpaired) electrons. The zero-order chi connectivity index (χ0) is 28.9. The molecule has 0 aliphatic carbocycles. The number of halogens is 8. The van der Waals surface area contributed by atoms with Crippen molar-refractivity contribution < 1.29 is 54.2 Å². The van der Waals surface area contributed by atoms with Crippen LogP contribution in [0.4, 0.5) is 35.1 Å². The van der Waals surface area contributed by atoms with Crippen molar-refractivity contribution >= 4 is 33.5 Å². The molecule has 5 aromatic carbocycles. The van der Waals surface area contributed by atoms with E-state index in [0.717, 1.165) is 0 Å². The largest absolute Gasteiger partial charge is 0.422 e. The summed E-state index contributed by atoms with van der Waals surface area (Å²) in [5, 5.41) is 0.0472. The Bertz CT molecular complexity index is 1690. The highest BCUT2D eigenvalue weighted by atomic mass is 19.2. The van der Waals surface area contributed by atoms with Crippen molar-refractivity contribution in [2.75, 3.05) is 0 Å². The zero-order valence-corrected chi connectivity index (χ0v) is 19.4. The average molecular weight is 562 g/mol. The number of hydrogen-bond donors (Lipinski definition) is 0. The molecular weight excluding hydrogens is 552 g/mol. The van der Waals surface area contributed by atoms with Gasteiger partial charge in [-0.3, -0.25) is 0 Å². The molecule has 40 heavy (non-hydrogen) atoms. The number of benzene rings is 5. The van der Waals surface area contributed by atoms with E-state index in [1.165, 1.54) is 48.5 Å². The Morgan fingerprint density at radius 1 is 0.450 bits per heavy atom. The maximum atomic E-state index is 14.3. The third kappa shape index (κ3) is 4.27. The van der Waals surface area contributed by atoms with Crippen LogP contribution in [-0.4, -0.2) is 11.9 Å². The molecule has 0 aliphatic heterocycles. The van der Waals surface area contributed by atoms with Crippen LogP contribution < -0.4 is 9.47 Å². The number of fused-ring (bicyclic) bond motifs is 2. The minimum atomic E-state index is -2.23. The molecule has 0 heterocycles. The second-order valence-electron chi connectivity index (χ2n) is 8.22. The molecule has 5 rings (SSSR count). The second kappa shape index (κ2) is 9.95. The first-order valence-electron chi connectivity index (χ1n) is 11.0. The average Bonchev–Trinajstić information content (AvgIpc) is 2.95. The summed E-state index contributed by atoms with van der Waals surface area (Å²) in [7, 11) is 0. The van der Waals surface area contributed by atoms with Crippen LogP contribution in [0, 0.1) is 46.5 Å². The molecule has 0 N–H and O–H groups in total. The summed E-state index contributed by atoms with van der Waals surface area (Å²) in [5.74, 6) is -20.2. The summed E-state index contributed by atoms with van der Waals surface area (Å²) in [6.45, 7) is 0. The van der Waals surface area contributed by atoms with Crippen LogP contribution in [0.15, 0.2) is 60.7 Å². The van der Waals surface area contributed by atoms with Crippen molar-refractivity contribution in [2.45, 2.75) is 0 Å². The predicted molar refractivity (Wildman–Crippen MR) is 124 cm³/mol. The molecule has 0 spiro atoms. The molecule has 0 fully saturated rings. The molecule has 0 aromatic heterocycles. The standard InChI is InChI=1S/C28H10F8O4/c29-17-9-15(19(31)23(35)21(17)33)27(37)39-25-11-5-1-2-6-12(11)26(14-8-4-3-7-13(14)25)40-28(38)16-10-18(30)22(34)24(36)20(16)32/h1-10H. The molecule has 0 saturated carbocycles. The normalized spacial score (nSPS) is 11.2. The first kappa shape index (κ1) is 26.6. The van der Waals surface area contributed by atoms with Crippen molar-refractivity contribution in [3.63, 3.8) is 0 Å². The Kier molecular flexibility index (Phi) is 6.62. The highest BCUT2D eigenvalue weighted by molar-refractivity contribution is 6.13. The van der Waals surface area contributed by atoms with Crippen molar-refractivity contribution in [3.05, 3.63) is 118 Å². The summed E-state index contributed by atoms with van der Waals surface area (Å²) in [4.78, 5) is 25.5. The number of hydrogen-bond acceptors (Lipinski definition) is 4. The lowest BCUT2D eigenvalue weighted by Crippen LogP contribution is -2.15. The lowest BCUT2D eigenvalue weighted by atomic mass is 10.0. The second-order valence-corrected chi connectivity index (χ2v) is 8.22. The van der Waals surface area contributed by atoms with Crippen molar-refractivity contribution in [2.24, 2.45) is 0 Å². The minimum Gasteiger partial charge on any atom is -0.422 e. The number of ether oxygens (including phenoxy) is 2. The Balaban J connectivity index is 1.66. The van der Waals surface area contributed by atoms with Gasteiger partial charge in [0.05, 0.1) is 0 Å². The SMILES string of the molecule is O=C(Oc1c2ccccc2c(OC(=O)c2cc(F)c(F)c(F)c2F)c2ccccc12)c1cc(F)c(F)c(F)c1F. The van der Waals surface area contributed by atoms with Gasteiger partial charge in [-0.15, -0.1) is 0 Å². The van der Waals surface area contributed by atoms with E-state index < -0.39 is 69.6 Å². The Morgan fingerprint density at radius 3 is 1.05 bits per heavy atom. The maximum Gasteiger partial charge on any atom is 0.346 e. The van der Waals surface area contributed by atoms with Crippen LogP contribution in [0.5, 0.6) is 11.5 Å². The fourth-order valence-electron chi connectivity index (χ4n) is 4.01. The van der Waals surface area contributed by atoms with Gasteiger partial charge in [0.1, 0.15) is 22.6 Å². The van der Waals surface area contributed by atoms with Crippen LogP contribution in [-0.2, 0) is 0 Å². The lowest BCUT2D eigenvalue weighted by Gasteiger charge is -2.17. The van der Waals surface area contributed by atoms with E-state index >= 15 is 0 Å². The summed E-state index contributed by atoms with van der Waals surface area (Å²) in [6.07, 6.45) is 0. The summed E-state index contributed by atoms with van der Waals surface area (Å²) >= 11 is 0. The first-order valence-corrected chi connectivity index (χ1v) is 11.0. The molecule has 0 atom stereocenters. The van der Waals surface area contributed by atoms with Crippen molar-refractivity contribution in [3.8, 4) is 11.5 Å². The molecule has 4 nitrogen and oxygen atoms in total. The number of carbonyl (C=O) groups is 2. The number of carbonyl (C=O) groups excluding carboxylic acids is 2. The van der Waals surface area contributed by atoms with Gasteiger partial charge in [-0.2, -0.15) is 0 Å². The molecule has 12 heteroatoms. The van der Waals surface area contributed by atoms with E-state index in [9.17, 15) is 44.7 Å². The number of rotatable bonds is 4. The molecule has 5 aromatic rings. The van der Waals surface area contributed by atoms with E-state index in [1.807, 2.05) is 0 Å². The summed E-state index contributed by atoms with van der Waals surface area (Å²) in [5.41, 5.74) is -2.51. The fourth-order valence-corrected chi connectivity index (χ4v) is 4.01. The van der Waals surface area contributed by atoms with Gasteiger partial charge in [-0.25, -0.2) is 44.7 Å². The summed E-state index contributed by atoms with van der Waals surface area (Å²) in [6, 6.07) is 11.4. The zero-order valence-electron chi connectivity index (χ0n) is 19.4. The Labute approximate surface area is 218 Å². The van der Waals surface area contributed by atoms with Gasteiger partial charge in [0.15, 0.2) is 46.5 Å². The highest BCUT2D eigenvalue weighted by Gasteiger charge is 2.28. The van der Waals surface area contributed by atoms with Gasteiger partial charge in [0.25, 0.3) is 0 Å². The smallest absolute Gasteiger partial charge is 0.346 e.